The second-order valence-corrected chi connectivity index (χ2v) is 4.26. The standard InChI is InChI=1S/C11H22N2O2/c1-3-6-13-7-4-9(2)12-11(15)10(13)5-8-14/h9-10,14H,3-8H2,1-2H3,(H,12,15). The highest BCUT2D eigenvalue weighted by atomic mass is 16.3. The molecule has 1 fully saturated rings. The maximum absolute atomic E-state index is 11.8. The first-order chi connectivity index (χ1) is 7.19. The van der Waals surface area contributed by atoms with Gasteiger partial charge in [-0.3, -0.25) is 9.69 Å². The Hall–Kier alpha value is -0.610. The lowest BCUT2D eigenvalue weighted by Crippen LogP contribution is -2.45. The Morgan fingerprint density at radius 2 is 2.33 bits per heavy atom. The van der Waals surface area contributed by atoms with Crippen molar-refractivity contribution in [2.45, 2.75) is 45.2 Å². The summed E-state index contributed by atoms with van der Waals surface area (Å²) in [7, 11) is 0. The topological polar surface area (TPSA) is 52.6 Å². The molecule has 15 heavy (non-hydrogen) atoms. The minimum absolute atomic E-state index is 0.0718. The van der Waals surface area contributed by atoms with Crippen molar-refractivity contribution < 1.29 is 9.90 Å². The van der Waals surface area contributed by atoms with Crippen LogP contribution in [0.3, 0.4) is 0 Å². The fourth-order valence-corrected chi connectivity index (χ4v) is 2.08. The van der Waals surface area contributed by atoms with Gasteiger partial charge in [-0.25, -0.2) is 0 Å². The zero-order valence-electron chi connectivity index (χ0n) is 9.70. The van der Waals surface area contributed by atoms with E-state index >= 15 is 0 Å². The molecule has 1 aliphatic heterocycles. The molecular formula is C11H22N2O2. The van der Waals surface area contributed by atoms with Gasteiger partial charge >= 0.3 is 0 Å². The quantitative estimate of drug-likeness (QED) is 0.710. The smallest absolute Gasteiger partial charge is 0.237 e. The third-order valence-electron chi connectivity index (χ3n) is 2.89. The summed E-state index contributed by atoms with van der Waals surface area (Å²) in [5, 5.41) is 11.9. The lowest BCUT2D eigenvalue weighted by atomic mass is 10.1. The van der Waals surface area contributed by atoms with Crippen molar-refractivity contribution in [3.05, 3.63) is 0 Å². The van der Waals surface area contributed by atoms with E-state index in [1.165, 1.54) is 0 Å². The second kappa shape index (κ2) is 6.08. The zero-order valence-corrected chi connectivity index (χ0v) is 9.70. The van der Waals surface area contributed by atoms with E-state index in [1.54, 1.807) is 0 Å². The van der Waals surface area contributed by atoms with Gasteiger partial charge in [0.05, 0.1) is 6.04 Å². The minimum atomic E-state index is -0.139. The molecule has 2 unspecified atom stereocenters. The molecule has 2 N–H and O–H groups in total. The molecule has 2 atom stereocenters. The Morgan fingerprint density at radius 3 is 2.93 bits per heavy atom. The fraction of sp³-hybridized carbons (Fsp3) is 0.909. The van der Waals surface area contributed by atoms with Gasteiger partial charge < -0.3 is 10.4 Å². The van der Waals surface area contributed by atoms with Crippen LogP contribution in [0.25, 0.3) is 0 Å². The molecule has 1 saturated heterocycles. The molecule has 0 spiro atoms. The highest BCUT2D eigenvalue weighted by Gasteiger charge is 2.28. The average molecular weight is 214 g/mol. The number of rotatable bonds is 4. The van der Waals surface area contributed by atoms with Gasteiger partial charge in [0.2, 0.25) is 5.91 Å². The van der Waals surface area contributed by atoms with Crippen LogP contribution in [0.5, 0.6) is 0 Å². The van der Waals surface area contributed by atoms with Crippen LogP contribution in [0.15, 0.2) is 0 Å². The summed E-state index contributed by atoms with van der Waals surface area (Å²) < 4.78 is 0. The monoisotopic (exact) mass is 214 g/mol. The van der Waals surface area contributed by atoms with Gasteiger partial charge in [-0.15, -0.1) is 0 Å². The lowest BCUT2D eigenvalue weighted by Gasteiger charge is -2.27. The molecule has 1 amide bonds. The number of carbonyl (C=O) groups is 1. The van der Waals surface area contributed by atoms with Crippen molar-refractivity contribution in [1.29, 1.82) is 0 Å². The molecule has 4 nitrogen and oxygen atoms in total. The summed E-state index contributed by atoms with van der Waals surface area (Å²) in [5.74, 6) is 0.0718. The fourth-order valence-electron chi connectivity index (χ4n) is 2.08. The number of hydrogen-bond acceptors (Lipinski definition) is 3. The molecule has 1 aliphatic rings. The molecule has 1 rings (SSSR count). The van der Waals surface area contributed by atoms with E-state index in [0.29, 0.717) is 6.42 Å². The van der Waals surface area contributed by atoms with Gasteiger partial charge in [-0.05, 0) is 32.7 Å². The number of aliphatic hydroxyl groups excluding tert-OH is 1. The Morgan fingerprint density at radius 1 is 1.60 bits per heavy atom. The SMILES string of the molecule is CCCN1CCC(C)NC(=O)C1CCO. The van der Waals surface area contributed by atoms with E-state index in [1.807, 2.05) is 6.92 Å². The van der Waals surface area contributed by atoms with Gasteiger partial charge in [0.1, 0.15) is 0 Å². The number of nitrogens with zero attached hydrogens (tertiary/aromatic N) is 1. The Kier molecular flexibility index (Phi) is 5.05. The van der Waals surface area contributed by atoms with Crippen LogP contribution < -0.4 is 5.32 Å². The molecule has 0 aliphatic carbocycles. The van der Waals surface area contributed by atoms with Crippen LogP contribution in [-0.2, 0) is 4.79 Å². The van der Waals surface area contributed by atoms with Crippen molar-refractivity contribution in [2.75, 3.05) is 19.7 Å². The number of aliphatic hydroxyl groups is 1. The van der Waals surface area contributed by atoms with Crippen LogP contribution in [0.1, 0.15) is 33.1 Å². The summed E-state index contributed by atoms with van der Waals surface area (Å²) in [6.07, 6.45) is 2.58. The van der Waals surface area contributed by atoms with Crippen LogP contribution in [0.2, 0.25) is 0 Å². The summed E-state index contributed by atoms with van der Waals surface area (Å²) >= 11 is 0. The molecule has 0 aromatic rings. The largest absolute Gasteiger partial charge is 0.396 e. The number of carbonyl (C=O) groups excluding carboxylic acids is 1. The molecule has 0 radical (unpaired) electrons. The van der Waals surface area contributed by atoms with E-state index in [9.17, 15) is 4.79 Å². The minimum Gasteiger partial charge on any atom is -0.396 e. The van der Waals surface area contributed by atoms with E-state index in [2.05, 4.69) is 17.1 Å². The molecule has 0 bridgehead atoms. The van der Waals surface area contributed by atoms with Gasteiger partial charge in [-0.2, -0.15) is 0 Å². The summed E-state index contributed by atoms with van der Waals surface area (Å²) in [6.45, 7) is 6.10. The van der Waals surface area contributed by atoms with E-state index < -0.39 is 0 Å². The van der Waals surface area contributed by atoms with Crippen LogP contribution in [-0.4, -0.2) is 47.7 Å². The molecule has 4 heteroatoms. The molecular weight excluding hydrogens is 192 g/mol. The van der Waals surface area contributed by atoms with Gasteiger partial charge in [0, 0.05) is 19.2 Å². The summed E-state index contributed by atoms with van der Waals surface area (Å²) in [4.78, 5) is 14.0. The zero-order chi connectivity index (χ0) is 11.3. The van der Waals surface area contributed by atoms with E-state index in [4.69, 9.17) is 5.11 Å². The van der Waals surface area contributed by atoms with Gasteiger partial charge in [0.15, 0.2) is 0 Å². The molecule has 0 aromatic heterocycles. The van der Waals surface area contributed by atoms with E-state index in [-0.39, 0.29) is 24.6 Å². The highest BCUT2D eigenvalue weighted by Crippen LogP contribution is 2.12. The first-order valence-electron chi connectivity index (χ1n) is 5.84. The first-order valence-corrected chi connectivity index (χ1v) is 5.84. The third-order valence-corrected chi connectivity index (χ3v) is 2.89. The predicted molar refractivity (Wildman–Crippen MR) is 59.6 cm³/mol. The Labute approximate surface area is 91.6 Å². The number of nitrogens with one attached hydrogen (secondary N) is 1. The number of amides is 1. The predicted octanol–water partition coefficient (Wildman–Crippen LogP) is 0.358. The molecule has 88 valence electrons. The Bertz CT molecular complexity index is 209. The molecule has 0 aromatic carbocycles. The summed E-state index contributed by atoms with van der Waals surface area (Å²) in [5.41, 5.74) is 0. The maximum atomic E-state index is 11.8. The molecule has 1 heterocycles. The van der Waals surface area contributed by atoms with Crippen LogP contribution in [0.4, 0.5) is 0 Å². The average Bonchev–Trinajstić information content (AvgIpc) is 2.31. The first kappa shape index (κ1) is 12.5. The normalized spacial score (nSPS) is 28.6. The highest BCUT2D eigenvalue weighted by molar-refractivity contribution is 5.82. The van der Waals surface area contributed by atoms with Crippen molar-refractivity contribution in [3.63, 3.8) is 0 Å². The maximum Gasteiger partial charge on any atom is 0.237 e. The van der Waals surface area contributed by atoms with Crippen LogP contribution >= 0.6 is 0 Å². The lowest BCUT2D eigenvalue weighted by molar-refractivity contribution is -0.126. The van der Waals surface area contributed by atoms with Crippen molar-refractivity contribution in [1.82, 2.24) is 10.2 Å². The number of hydrogen-bond donors (Lipinski definition) is 2. The summed E-state index contributed by atoms with van der Waals surface area (Å²) in [6, 6.07) is 0.112. The van der Waals surface area contributed by atoms with Crippen molar-refractivity contribution >= 4 is 5.91 Å². The van der Waals surface area contributed by atoms with Gasteiger partial charge in [-0.1, -0.05) is 6.92 Å². The van der Waals surface area contributed by atoms with E-state index in [0.717, 1.165) is 25.9 Å². The Balaban J connectivity index is 2.67. The third kappa shape index (κ3) is 3.47. The van der Waals surface area contributed by atoms with Crippen molar-refractivity contribution in [3.8, 4) is 0 Å². The van der Waals surface area contributed by atoms with Crippen LogP contribution in [0, 0.1) is 0 Å². The molecule has 0 saturated carbocycles. The van der Waals surface area contributed by atoms with Crippen molar-refractivity contribution in [2.24, 2.45) is 0 Å². The second-order valence-electron chi connectivity index (χ2n) is 4.26. The van der Waals surface area contributed by atoms with Gasteiger partial charge in [0.25, 0.3) is 0 Å².